The molecule has 2 atom stereocenters. The SMILES string of the molecule is Cl.O=S(=O)(NC1CNCCC1c1ccc(F)c(F)c1)c1cnc2n1CCC2. The number of imidazole rings is 1. The quantitative estimate of drug-likeness (QED) is 0.795. The number of rotatable bonds is 4. The molecule has 10 heteroatoms. The van der Waals surface area contributed by atoms with E-state index < -0.39 is 27.7 Å². The predicted molar refractivity (Wildman–Crippen MR) is 98.5 cm³/mol. The molecule has 2 aliphatic rings. The summed E-state index contributed by atoms with van der Waals surface area (Å²) in [6, 6.07) is 3.31. The van der Waals surface area contributed by atoms with E-state index in [4.69, 9.17) is 0 Å². The molecule has 27 heavy (non-hydrogen) atoms. The maximum Gasteiger partial charge on any atom is 0.258 e. The van der Waals surface area contributed by atoms with Gasteiger partial charge < -0.3 is 9.88 Å². The fourth-order valence-corrected chi connectivity index (χ4v) is 5.27. The topological polar surface area (TPSA) is 76.0 Å². The van der Waals surface area contributed by atoms with Gasteiger partial charge in [0.15, 0.2) is 16.7 Å². The molecule has 1 fully saturated rings. The highest BCUT2D eigenvalue weighted by molar-refractivity contribution is 7.89. The third-order valence-electron chi connectivity index (χ3n) is 5.12. The molecule has 0 saturated carbocycles. The van der Waals surface area contributed by atoms with E-state index in [1.807, 2.05) is 0 Å². The lowest BCUT2D eigenvalue weighted by atomic mass is 9.86. The molecule has 1 saturated heterocycles. The number of aromatic nitrogens is 2. The first-order valence-electron chi connectivity index (χ1n) is 8.68. The van der Waals surface area contributed by atoms with Gasteiger partial charge >= 0.3 is 0 Å². The Morgan fingerprint density at radius 1 is 1.26 bits per heavy atom. The van der Waals surface area contributed by atoms with Crippen molar-refractivity contribution in [3.63, 3.8) is 0 Å². The van der Waals surface area contributed by atoms with E-state index in [1.165, 1.54) is 12.3 Å². The normalized spacial score (nSPS) is 22.3. The van der Waals surface area contributed by atoms with Gasteiger partial charge in [0, 0.05) is 31.5 Å². The average Bonchev–Trinajstić information content (AvgIpc) is 3.21. The second-order valence-electron chi connectivity index (χ2n) is 6.77. The number of aryl methyl sites for hydroxylation is 1. The molecule has 3 heterocycles. The van der Waals surface area contributed by atoms with Gasteiger partial charge in [-0.05, 0) is 37.1 Å². The number of piperidine rings is 1. The molecule has 0 bridgehead atoms. The first kappa shape index (κ1) is 20.2. The molecular weight excluding hydrogens is 398 g/mol. The monoisotopic (exact) mass is 418 g/mol. The highest BCUT2D eigenvalue weighted by Gasteiger charge is 2.33. The first-order valence-corrected chi connectivity index (χ1v) is 10.2. The second kappa shape index (κ2) is 7.83. The van der Waals surface area contributed by atoms with Crippen molar-refractivity contribution in [2.45, 2.75) is 42.8 Å². The van der Waals surface area contributed by atoms with Crippen molar-refractivity contribution in [1.82, 2.24) is 19.6 Å². The van der Waals surface area contributed by atoms with E-state index in [0.29, 0.717) is 31.6 Å². The third-order valence-corrected chi connectivity index (χ3v) is 6.61. The molecule has 0 spiro atoms. The van der Waals surface area contributed by atoms with Crippen molar-refractivity contribution in [1.29, 1.82) is 0 Å². The minimum atomic E-state index is -3.76. The Hall–Kier alpha value is -1.55. The summed E-state index contributed by atoms with van der Waals surface area (Å²) in [5.41, 5.74) is 0.594. The summed E-state index contributed by atoms with van der Waals surface area (Å²) in [6.07, 6.45) is 3.68. The fraction of sp³-hybridized carbons (Fsp3) is 0.471. The number of nitrogens with one attached hydrogen (secondary N) is 2. The molecule has 0 aliphatic carbocycles. The van der Waals surface area contributed by atoms with Crippen LogP contribution in [0.5, 0.6) is 0 Å². The van der Waals surface area contributed by atoms with Crippen LogP contribution in [0.3, 0.4) is 0 Å². The standard InChI is InChI=1S/C17H20F2N4O2S.ClH/c18-13-4-3-11(8-14(13)19)12-5-6-20-9-15(12)22-26(24,25)17-10-21-16-2-1-7-23(16)17;/h3-4,8,10,12,15,20,22H,1-2,5-7,9H2;1H. The number of fused-ring (bicyclic) bond motifs is 1. The number of hydrogen-bond acceptors (Lipinski definition) is 4. The maximum atomic E-state index is 13.6. The molecule has 6 nitrogen and oxygen atoms in total. The van der Waals surface area contributed by atoms with Crippen molar-refractivity contribution in [2.24, 2.45) is 0 Å². The first-order chi connectivity index (χ1) is 12.5. The van der Waals surface area contributed by atoms with Gasteiger partial charge in [-0.25, -0.2) is 26.9 Å². The van der Waals surface area contributed by atoms with Gasteiger partial charge in [-0.15, -0.1) is 12.4 Å². The van der Waals surface area contributed by atoms with E-state index in [0.717, 1.165) is 30.8 Å². The van der Waals surface area contributed by atoms with Gasteiger partial charge in [-0.1, -0.05) is 6.07 Å². The molecule has 4 rings (SSSR count). The zero-order chi connectivity index (χ0) is 18.3. The van der Waals surface area contributed by atoms with Crippen molar-refractivity contribution < 1.29 is 17.2 Å². The Morgan fingerprint density at radius 3 is 2.85 bits per heavy atom. The van der Waals surface area contributed by atoms with Gasteiger partial charge in [0.2, 0.25) is 0 Å². The third kappa shape index (κ3) is 3.87. The molecule has 148 valence electrons. The molecule has 0 radical (unpaired) electrons. The lowest BCUT2D eigenvalue weighted by Crippen LogP contribution is -2.50. The summed E-state index contributed by atoms with van der Waals surface area (Å²) in [7, 11) is -3.76. The number of nitrogens with zero attached hydrogens (tertiary/aromatic N) is 2. The summed E-state index contributed by atoms with van der Waals surface area (Å²) in [4.78, 5) is 4.19. The molecule has 2 unspecified atom stereocenters. The van der Waals surface area contributed by atoms with Crippen molar-refractivity contribution in [2.75, 3.05) is 13.1 Å². The Kier molecular flexibility index (Phi) is 5.85. The van der Waals surface area contributed by atoms with Crippen LogP contribution >= 0.6 is 12.4 Å². The van der Waals surface area contributed by atoms with Crippen LogP contribution in [-0.4, -0.2) is 37.1 Å². The summed E-state index contributed by atoms with van der Waals surface area (Å²) in [6.45, 7) is 1.74. The lowest BCUT2D eigenvalue weighted by Gasteiger charge is -2.33. The number of benzene rings is 1. The Morgan fingerprint density at radius 2 is 2.07 bits per heavy atom. The average molecular weight is 419 g/mol. The van der Waals surface area contributed by atoms with Crippen LogP contribution in [0.15, 0.2) is 29.4 Å². The predicted octanol–water partition coefficient (Wildman–Crippen LogP) is 1.95. The van der Waals surface area contributed by atoms with Crippen LogP contribution in [0.4, 0.5) is 8.78 Å². The van der Waals surface area contributed by atoms with Crippen LogP contribution in [0.2, 0.25) is 0 Å². The molecule has 0 amide bonds. The maximum absolute atomic E-state index is 13.6. The van der Waals surface area contributed by atoms with E-state index in [9.17, 15) is 17.2 Å². The van der Waals surface area contributed by atoms with Gasteiger partial charge in [-0.3, -0.25) is 0 Å². The minimum Gasteiger partial charge on any atom is -0.318 e. The largest absolute Gasteiger partial charge is 0.318 e. The highest BCUT2D eigenvalue weighted by Crippen LogP contribution is 2.28. The molecule has 2 N–H and O–H groups in total. The van der Waals surface area contributed by atoms with Crippen LogP contribution < -0.4 is 10.0 Å². The van der Waals surface area contributed by atoms with E-state index in [-0.39, 0.29) is 23.4 Å². The van der Waals surface area contributed by atoms with Crippen molar-refractivity contribution >= 4 is 22.4 Å². The summed E-state index contributed by atoms with van der Waals surface area (Å²) in [5, 5.41) is 3.33. The van der Waals surface area contributed by atoms with Crippen LogP contribution in [0.1, 0.15) is 30.1 Å². The fourth-order valence-electron chi connectivity index (χ4n) is 3.83. The van der Waals surface area contributed by atoms with E-state index >= 15 is 0 Å². The molecule has 1 aromatic heterocycles. The van der Waals surface area contributed by atoms with Gasteiger partial charge in [0.25, 0.3) is 10.0 Å². The lowest BCUT2D eigenvalue weighted by molar-refractivity contribution is 0.375. The smallest absolute Gasteiger partial charge is 0.258 e. The molecule has 2 aliphatic heterocycles. The molecular formula is C17H21ClF2N4O2S. The van der Waals surface area contributed by atoms with Gasteiger partial charge in [-0.2, -0.15) is 0 Å². The van der Waals surface area contributed by atoms with Crippen LogP contribution in [0, 0.1) is 11.6 Å². The van der Waals surface area contributed by atoms with Crippen LogP contribution in [0.25, 0.3) is 0 Å². The summed E-state index contributed by atoms with van der Waals surface area (Å²) in [5.74, 6) is -1.28. The zero-order valence-electron chi connectivity index (χ0n) is 14.5. The van der Waals surface area contributed by atoms with Crippen molar-refractivity contribution in [3.8, 4) is 0 Å². The number of halogens is 3. The summed E-state index contributed by atoms with van der Waals surface area (Å²) < 4.78 is 57.1. The second-order valence-corrected chi connectivity index (χ2v) is 8.43. The van der Waals surface area contributed by atoms with Gasteiger partial charge in [0.1, 0.15) is 5.82 Å². The van der Waals surface area contributed by atoms with Crippen LogP contribution in [-0.2, 0) is 23.0 Å². The highest BCUT2D eigenvalue weighted by atomic mass is 35.5. The minimum absolute atomic E-state index is 0. The van der Waals surface area contributed by atoms with E-state index in [2.05, 4.69) is 15.0 Å². The van der Waals surface area contributed by atoms with Crippen molar-refractivity contribution in [3.05, 3.63) is 47.4 Å². The Balaban J connectivity index is 0.00000210. The molecule has 1 aromatic carbocycles. The molecule has 2 aromatic rings. The zero-order valence-corrected chi connectivity index (χ0v) is 16.1. The summed E-state index contributed by atoms with van der Waals surface area (Å²) >= 11 is 0. The van der Waals surface area contributed by atoms with Gasteiger partial charge in [0.05, 0.1) is 6.20 Å². The number of hydrogen-bond donors (Lipinski definition) is 2. The number of sulfonamides is 1. The Labute approximate surface area is 162 Å². The Bertz CT molecular complexity index is 935. The van der Waals surface area contributed by atoms with E-state index in [1.54, 1.807) is 4.57 Å².